The highest BCUT2D eigenvalue weighted by atomic mass is 32.1. The molecule has 0 aromatic carbocycles. The summed E-state index contributed by atoms with van der Waals surface area (Å²) in [6.07, 6.45) is 7.39. The molecule has 0 N–H and O–H groups in total. The zero-order valence-corrected chi connectivity index (χ0v) is 9.66. The van der Waals surface area contributed by atoms with Crippen LogP contribution in [0.2, 0.25) is 0 Å². The lowest BCUT2D eigenvalue weighted by molar-refractivity contribution is 0.603. The number of aryl methyl sites for hydroxylation is 1. The van der Waals surface area contributed by atoms with Crippen LogP contribution in [0.3, 0.4) is 0 Å². The van der Waals surface area contributed by atoms with Gasteiger partial charge in [0, 0.05) is 11.1 Å². The molecule has 1 atom stereocenters. The molecule has 0 saturated heterocycles. The highest BCUT2D eigenvalue weighted by Crippen LogP contribution is 2.26. The summed E-state index contributed by atoms with van der Waals surface area (Å²) in [6.45, 7) is 6.64. The van der Waals surface area contributed by atoms with Gasteiger partial charge in [-0.3, -0.25) is 0 Å². The maximum atomic E-state index is 4.28. The quantitative estimate of drug-likeness (QED) is 0.647. The number of hydrogen-bond donors (Lipinski definition) is 0. The molecule has 1 nitrogen and oxygen atoms in total. The van der Waals surface area contributed by atoms with E-state index >= 15 is 0 Å². The molecule has 1 aromatic rings. The summed E-state index contributed by atoms with van der Waals surface area (Å²) in [4.78, 5) is 5.74. The molecule has 0 spiro atoms. The van der Waals surface area contributed by atoms with E-state index in [9.17, 15) is 0 Å². The summed E-state index contributed by atoms with van der Waals surface area (Å²) in [6, 6.07) is 0. The van der Waals surface area contributed by atoms with Crippen LogP contribution < -0.4 is 0 Å². The first-order valence-corrected chi connectivity index (χ1v) is 5.98. The Hall–Kier alpha value is -0.370. The van der Waals surface area contributed by atoms with E-state index in [2.05, 4.69) is 25.8 Å². The van der Waals surface area contributed by atoms with Gasteiger partial charge < -0.3 is 0 Å². The number of unbranched alkanes of at least 4 members (excludes halogenated alkanes) is 2. The first-order chi connectivity index (χ1) is 6.24. The number of nitrogens with zero attached hydrogens (tertiary/aromatic N) is 1. The van der Waals surface area contributed by atoms with Crippen molar-refractivity contribution in [2.45, 2.75) is 52.4 Å². The molecule has 0 amide bonds. The summed E-state index contributed by atoms with van der Waals surface area (Å²) in [7, 11) is 0. The molecule has 1 rings (SSSR count). The van der Waals surface area contributed by atoms with Gasteiger partial charge in [0.15, 0.2) is 0 Å². The van der Waals surface area contributed by atoms with Crippen molar-refractivity contribution in [2.24, 2.45) is 0 Å². The second-order valence-electron chi connectivity index (χ2n) is 3.68. The van der Waals surface area contributed by atoms with Gasteiger partial charge in [-0.25, -0.2) is 4.98 Å². The first-order valence-electron chi connectivity index (χ1n) is 5.16. The normalized spacial score (nSPS) is 13.2. The fraction of sp³-hybridized carbons (Fsp3) is 0.727. The van der Waals surface area contributed by atoms with Crippen molar-refractivity contribution in [3.05, 3.63) is 16.1 Å². The lowest BCUT2D eigenvalue weighted by atomic mass is 10.0. The van der Waals surface area contributed by atoms with E-state index in [0.717, 1.165) is 0 Å². The van der Waals surface area contributed by atoms with Crippen LogP contribution >= 0.6 is 11.3 Å². The maximum absolute atomic E-state index is 4.28. The summed E-state index contributed by atoms with van der Waals surface area (Å²) in [5.41, 5.74) is 0. The Kier molecular flexibility index (Phi) is 4.43. The molecule has 0 aliphatic rings. The fourth-order valence-corrected chi connectivity index (χ4v) is 2.32. The lowest BCUT2D eigenvalue weighted by Gasteiger charge is -2.06. The summed E-state index contributed by atoms with van der Waals surface area (Å²) >= 11 is 1.84. The van der Waals surface area contributed by atoms with Crippen LogP contribution in [0.25, 0.3) is 0 Å². The van der Waals surface area contributed by atoms with Crippen molar-refractivity contribution in [3.63, 3.8) is 0 Å². The summed E-state index contributed by atoms with van der Waals surface area (Å²) in [5.74, 6) is 0.706. The minimum absolute atomic E-state index is 0.706. The minimum Gasteiger partial charge on any atom is -0.250 e. The van der Waals surface area contributed by atoms with Crippen LogP contribution in [0.5, 0.6) is 0 Å². The van der Waals surface area contributed by atoms with E-state index < -0.39 is 0 Å². The van der Waals surface area contributed by atoms with Crippen molar-refractivity contribution >= 4 is 11.3 Å². The molecule has 0 radical (unpaired) electrons. The smallest absolute Gasteiger partial charge is 0.0896 e. The van der Waals surface area contributed by atoms with Crippen molar-refractivity contribution in [1.29, 1.82) is 0 Å². The zero-order valence-electron chi connectivity index (χ0n) is 8.84. The largest absolute Gasteiger partial charge is 0.250 e. The van der Waals surface area contributed by atoms with Crippen molar-refractivity contribution in [2.75, 3.05) is 0 Å². The Balaban J connectivity index is 2.35. The Labute approximate surface area is 85.2 Å². The van der Waals surface area contributed by atoms with Gasteiger partial charge in [-0.2, -0.15) is 0 Å². The SMILES string of the molecule is CCCCCC(C)c1cnc(C)s1. The van der Waals surface area contributed by atoms with Gasteiger partial charge in [-0.05, 0) is 19.3 Å². The van der Waals surface area contributed by atoms with E-state index in [1.807, 2.05) is 17.5 Å². The lowest BCUT2D eigenvalue weighted by Crippen LogP contribution is -1.89. The van der Waals surface area contributed by atoms with Gasteiger partial charge in [0.25, 0.3) is 0 Å². The van der Waals surface area contributed by atoms with Gasteiger partial charge in [-0.15, -0.1) is 11.3 Å². The predicted molar refractivity (Wildman–Crippen MR) is 59.4 cm³/mol. The average molecular weight is 197 g/mol. The summed E-state index contributed by atoms with van der Waals surface area (Å²) in [5, 5.41) is 1.19. The van der Waals surface area contributed by atoms with Crippen LogP contribution in [0.15, 0.2) is 6.20 Å². The van der Waals surface area contributed by atoms with Crippen LogP contribution in [-0.2, 0) is 0 Å². The van der Waals surface area contributed by atoms with Crippen molar-refractivity contribution in [1.82, 2.24) is 4.98 Å². The van der Waals surface area contributed by atoms with E-state index in [0.29, 0.717) is 5.92 Å². The molecule has 1 aromatic heterocycles. The highest BCUT2D eigenvalue weighted by molar-refractivity contribution is 7.11. The van der Waals surface area contributed by atoms with Crippen LogP contribution in [0.1, 0.15) is 55.3 Å². The van der Waals surface area contributed by atoms with Gasteiger partial charge >= 0.3 is 0 Å². The van der Waals surface area contributed by atoms with Gasteiger partial charge in [0.1, 0.15) is 0 Å². The third-order valence-corrected chi connectivity index (χ3v) is 3.51. The Morgan fingerprint density at radius 2 is 2.23 bits per heavy atom. The molecule has 0 bridgehead atoms. The molecule has 0 aliphatic heterocycles. The monoisotopic (exact) mass is 197 g/mol. The molecule has 1 heterocycles. The topological polar surface area (TPSA) is 12.9 Å². The molecule has 13 heavy (non-hydrogen) atoms. The Morgan fingerprint density at radius 3 is 2.77 bits per heavy atom. The number of rotatable bonds is 5. The van der Waals surface area contributed by atoms with E-state index in [1.54, 1.807) is 0 Å². The van der Waals surface area contributed by atoms with Crippen LogP contribution in [-0.4, -0.2) is 4.98 Å². The predicted octanol–water partition coefficient (Wildman–Crippen LogP) is 4.14. The van der Waals surface area contributed by atoms with E-state index in [4.69, 9.17) is 0 Å². The van der Waals surface area contributed by atoms with Crippen LogP contribution in [0.4, 0.5) is 0 Å². The molecule has 2 heteroatoms. The van der Waals surface area contributed by atoms with Crippen LogP contribution in [0, 0.1) is 6.92 Å². The minimum atomic E-state index is 0.706. The summed E-state index contributed by atoms with van der Waals surface area (Å²) < 4.78 is 0. The fourth-order valence-electron chi connectivity index (χ4n) is 1.45. The number of thiazole rings is 1. The zero-order chi connectivity index (χ0) is 9.68. The first kappa shape index (κ1) is 10.7. The highest BCUT2D eigenvalue weighted by Gasteiger charge is 2.07. The van der Waals surface area contributed by atoms with Gasteiger partial charge in [0.2, 0.25) is 0 Å². The molecular weight excluding hydrogens is 178 g/mol. The van der Waals surface area contributed by atoms with Crippen molar-refractivity contribution in [3.8, 4) is 0 Å². The molecule has 1 unspecified atom stereocenters. The molecule has 0 saturated carbocycles. The second kappa shape index (κ2) is 5.38. The molecule has 0 fully saturated rings. The van der Waals surface area contributed by atoms with Crippen molar-refractivity contribution < 1.29 is 0 Å². The molecule has 0 aliphatic carbocycles. The third-order valence-electron chi connectivity index (χ3n) is 2.37. The number of hydrogen-bond acceptors (Lipinski definition) is 2. The standard InChI is InChI=1S/C11H19NS/c1-4-5-6-7-9(2)11-8-12-10(3)13-11/h8-9H,4-7H2,1-3H3. The number of aromatic nitrogens is 1. The Bertz CT molecular complexity index is 242. The van der Waals surface area contributed by atoms with Gasteiger partial charge in [0.05, 0.1) is 5.01 Å². The second-order valence-corrected chi connectivity index (χ2v) is 4.94. The average Bonchev–Trinajstić information content (AvgIpc) is 2.52. The van der Waals surface area contributed by atoms with Gasteiger partial charge in [-0.1, -0.05) is 33.1 Å². The maximum Gasteiger partial charge on any atom is 0.0896 e. The van der Waals surface area contributed by atoms with E-state index in [1.165, 1.54) is 35.6 Å². The van der Waals surface area contributed by atoms with E-state index in [-0.39, 0.29) is 0 Å². The molecule has 74 valence electrons. The Morgan fingerprint density at radius 1 is 1.46 bits per heavy atom. The molecular formula is C11H19NS. The third kappa shape index (κ3) is 3.47.